The van der Waals surface area contributed by atoms with Gasteiger partial charge in [0.1, 0.15) is 18.1 Å². The summed E-state index contributed by atoms with van der Waals surface area (Å²) in [5, 5.41) is 2.84. The van der Waals surface area contributed by atoms with Crippen molar-refractivity contribution in [3.05, 3.63) is 108 Å². The van der Waals surface area contributed by atoms with Crippen LogP contribution in [-0.4, -0.2) is 26.2 Å². The van der Waals surface area contributed by atoms with Gasteiger partial charge in [0.15, 0.2) is 5.78 Å². The molecule has 0 fully saturated rings. The van der Waals surface area contributed by atoms with E-state index < -0.39 is 33.0 Å². The number of carbonyl (C=O) groups is 2. The molecule has 0 aliphatic rings. The monoisotopic (exact) mass is 606 g/mol. The van der Waals surface area contributed by atoms with Gasteiger partial charge in [-0.2, -0.15) is 0 Å². The van der Waals surface area contributed by atoms with Gasteiger partial charge in [0.25, 0.3) is 5.91 Å². The van der Waals surface area contributed by atoms with Crippen molar-refractivity contribution in [2.45, 2.75) is 43.3 Å². The van der Waals surface area contributed by atoms with Crippen LogP contribution in [0.5, 0.6) is 11.5 Å². The molecule has 42 heavy (non-hydrogen) atoms. The lowest BCUT2D eigenvalue weighted by Crippen LogP contribution is -2.45. The number of amides is 1. The Labute approximate surface area is 250 Å². The molecule has 0 saturated heterocycles. The van der Waals surface area contributed by atoms with Gasteiger partial charge < -0.3 is 20.5 Å². The van der Waals surface area contributed by atoms with Crippen LogP contribution in [-0.2, 0) is 26.0 Å². The van der Waals surface area contributed by atoms with Gasteiger partial charge in [0.05, 0.1) is 20.5 Å². The molecule has 0 aliphatic heterocycles. The molecule has 218 valence electrons. The molecule has 0 saturated carbocycles. The maximum Gasteiger partial charge on any atom is 0.273 e. The second-order valence-electron chi connectivity index (χ2n) is 10.6. The van der Waals surface area contributed by atoms with Gasteiger partial charge in [0.2, 0.25) is 15.9 Å². The van der Waals surface area contributed by atoms with E-state index in [4.69, 9.17) is 26.8 Å². The fourth-order valence-electron chi connectivity index (χ4n) is 3.88. The predicted octanol–water partition coefficient (Wildman–Crippen LogP) is 6.34. The number of sulfone groups is 1. The number of nitrogens with two attached hydrogens (primary N) is 1. The summed E-state index contributed by atoms with van der Waals surface area (Å²) in [6.45, 7) is 5.36. The Morgan fingerprint density at radius 2 is 1.43 bits per heavy atom. The first kappa shape index (κ1) is 30.6. The lowest BCUT2D eigenvalue weighted by atomic mass is 9.87. The summed E-state index contributed by atoms with van der Waals surface area (Å²) in [5.41, 5.74) is 6.49. The summed E-state index contributed by atoms with van der Waals surface area (Å²) in [5.74, 6) is -0.552. The largest absolute Gasteiger partial charge is 0.489 e. The molecule has 0 heterocycles. The number of Topliss-reactive ketones (excluding diaryl/α,β-unsaturated/α-hetero) is 1. The number of nitrogens with one attached hydrogen (secondary N) is 1. The zero-order chi connectivity index (χ0) is 30.5. The average molecular weight is 607 g/mol. The minimum absolute atomic E-state index is 0.0162. The van der Waals surface area contributed by atoms with Crippen LogP contribution in [0.15, 0.2) is 107 Å². The molecular weight excluding hydrogens is 576 g/mol. The van der Waals surface area contributed by atoms with Crippen molar-refractivity contribution in [3.63, 3.8) is 0 Å². The Kier molecular flexibility index (Phi) is 9.23. The molecule has 4 aromatic carbocycles. The topological polar surface area (TPSA) is 125 Å². The molecule has 8 nitrogen and oxygen atoms in total. The standard InChI is InChI=1S/C32H31ClN2O6S/c1-32(2,3)30(36)29(31(37)35-28-19-22(34)9-18-27(28)33)41-24-12-16-26(17-13-24)42(38,39)25-14-10-23(11-15-25)40-20-21-7-5-4-6-8-21/h4-19,29H,20,34H2,1-3H3,(H,35,37)/t29-/m1/s1. The molecule has 0 bridgehead atoms. The van der Waals surface area contributed by atoms with Crippen molar-refractivity contribution in [3.8, 4) is 11.5 Å². The molecule has 1 amide bonds. The number of ether oxygens (including phenoxy) is 2. The normalized spacial score (nSPS) is 12.3. The Morgan fingerprint density at radius 1 is 0.857 bits per heavy atom. The summed E-state index contributed by atoms with van der Waals surface area (Å²) < 4.78 is 38.0. The molecule has 4 aromatic rings. The number of nitrogen functional groups attached to an aromatic ring is 1. The van der Waals surface area contributed by atoms with Gasteiger partial charge in [-0.3, -0.25) is 9.59 Å². The highest BCUT2D eigenvalue weighted by molar-refractivity contribution is 7.91. The fraction of sp³-hybridized carbons (Fsp3) is 0.188. The Morgan fingerprint density at radius 3 is 2.00 bits per heavy atom. The third-order valence-corrected chi connectivity index (χ3v) is 8.35. The molecule has 1 atom stereocenters. The van der Waals surface area contributed by atoms with E-state index in [1.165, 1.54) is 48.5 Å². The van der Waals surface area contributed by atoms with Crippen LogP contribution in [0, 0.1) is 5.41 Å². The Hall–Kier alpha value is -4.34. The number of hydrogen-bond donors (Lipinski definition) is 2. The fourth-order valence-corrected chi connectivity index (χ4v) is 5.31. The van der Waals surface area contributed by atoms with E-state index in [1.807, 2.05) is 30.3 Å². The molecule has 0 radical (unpaired) electrons. The van der Waals surface area contributed by atoms with Crippen molar-refractivity contribution < 1.29 is 27.5 Å². The lowest BCUT2D eigenvalue weighted by molar-refractivity contribution is -0.140. The minimum atomic E-state index is -3.86. The Balaban J connectivity index is 1.49. The van der Waals surface area contributed by atoms with E-state index in [-0.39, 0.29) is 26.3 Å². The molecule has 4 rings (SSSR count). The number of anilines is 2. The van der Waals surface area contributed by atoms with E-state index in [0.717, 1.165) is 5.56 Å². The zero-order valence-corrected chi connectivity index (χ0v) is 24.9. The van der Waals surface area contributed by atoms with Crippen molar-refractivity contribution >= 4 is 44.5 Å². The van der Waals surface area contributed by atoms with Crippen molar-refractivity contribution in [2.24, 2.45) is 5.41 Å². The van der Waals surface area contributed by atoms with E-state index in [9.17, 15) is 18.0 Å². The number of carbonyl (C=O) groups excluding carboxylic acids is 2. The maximum atomic E-state index is 13.2. The van der Waals surface area contributed by atoms with Crippen LogP contribution in [0.4, 0.5) is 11.4 Å². The minimum Gasteiger partial charge on any atom is -0.489 e. The zero-order valence-electron chi connectivity index (χ0n) is 23.3. The summed E-state index contributed by atoms with van der Waals surface area (Å²) in [6.07, 6.45) is -1.53. The van der Waals surface area contributed by atoms with E-state index in [0.29, 0.717) is 18.0 Å². The summed E-state index contributed by atoms with van der Waals surface area (Å²) in [7, 11) is -3.86. The summed E-state index contributed by atoms with van der Waals surface area (Å²) in [6, 6.07) is 25.9. The first-order valence-corrected chi connectivity index (χ1v) is 14.9. The van der Waals surface area contributed by atoms with Crippen LogP contribution in [0.3, 0.4) is 0 Å². The third kappa shape index (κ3) is 7.48. The number of rotatable bonds is 10. The first-order chi connectivity index (χ1) is 19.8. The molecule has 0 aromatic heterocycles. The van der Waals surface area contributed by atoms with Gasteiger partial charge >= 0.3 is 0 Å². The molecule has 0 aliphatic carbocycles. The number of ketones is 1. The second kappa shape index (κ2) is 12.7. The van der Waals surface area contributed by atoms with Crippen LogP contribution in [0.25, 0.3) is 0 Å². The highest BCUT2D eigenvalue weighted by atomic mass is 35.5. The second-order valence-corrected chi connectivity index (χ2v) is 12.9. The van der Waals surface area contributed by atoms with Crippen molar-refractivity contribution in [1.29, 1.82) is 0 Å². The van der Waals surface area contributed by atoms with Crippen LogP contribution in [0.2, 0.25) is 5.02 Å². The van der Waals surface area contributed by atoms with E-state index >= 15 is 0 Å². The van der Waals surface area contributed by atoms with E-state index in [1.54, 1.807) is 39.0 Å². The van der Waals surface area contributed by atoms with E-state index in [2.05, 4.69) is 5.32 Å². The van der Waals surface area contributed by atoms with Crippen LogP contribution < -0.4 is 20.5 Å². The smallest absolute Gasteiger partial charge is 0.273 e. The average Bonchev–Trinajstić information content (AvgIpc) is 2.97. The summed E-state index contributed by atoms with van der Waals surface area (Å²) in [4.78, 5) is 26.4. The number of benzene rings is 4. The third-order valence-electron chi connectivity index (χ3n) is 6.23. The molecular formula is C32H31ClN2O6S. The number of halogens is 1. The Bertz CT molecular complexity index is 1670. The van der Waals surface area contributed by atoms with Crippen molar-refractivity contribution in [1.82, 2.24) is 0 Å². The van der Waals surface area contributed by atoms with Gasteiger partial charge in [-0.1, -0.05) is 62.7 Å². The predicted molar refractivity (Wildman–Crippen MR) is 162 cm³/mol. The van der Waals surface area contributed by atoms with Crippen molar-refractivity contribution in [2.75, 3.05) is 11.1 Å². The molecule has 0 spiro atoms. The lowest BCUT2D eigenvalue weighted by Gasteiger charge is -2.25. The molecule has 10 heteroatoms. The SMILES string of the molecule is CC(C)(C)C(=O)[C@@H](Oc1ccc(S(=O)(=O)c2ccc(OCc3ccccc3)cc2)cc1)C(=O)Nc1cc(N)ccc1Cl. The van der Waals surface area contributed by atoms with Gasteiger partial charge in [-0.15, -0.1) is 0 Å². The van der Waals surface area contributed by atoms with Crippen LogP contribution in [0.1, 0.15) is 26.3 Å². The highest BCUT2D eigenvalue weighted by Crippen LogP contribution is 2.28. The molecule has 3 N–H and O–H groups in total. The first-order valence-electron chi connectivity index (χ1n) is 13.0. The van der Waals surface area contributed by atoms with Gasteiger partial charge in [0, 0.05) is 11.1 Å². The van der Waals surface area contributed by atoms with Gasteiger partial charge in [-0.05, 0) is 72.3 Å². The number of hydrogen-bond acceptors (Lipinski definition) is 7. The van der Waals surface area contributed by atoms with Crippen LogP contribution >= 0.6 is 11.6 Å². The molecule has 0 unspecified atom stereocenters. The van der Waals surface area contributed by atoms with Gasteiger partial charge in [-0.25, -0.2) is 8.42 Å². The maximum absolute atomic E-state index is 13.2. The summed E-state index contributed by atoms with van der Waals surface area (Å²) >= 11 is 6.18. The quantitative estimate of drug-likeness (QED) is 0.159. The highest BCUT2D eigenvalue weighted by Gasteiger charge is 2.37.